The van der Waals surface area contributed by atoms with E-state index in [4.69, 9.17) is 25.7 Å². The van der Waals surface area contributed by atoms with Gasteiger partial charge in [-0.25, -0.2) is 4.98 Å². The Morgan fingerprint density at radius 1 is 1.15 bits per heavy atom. The van der Waals surface area contributed by atoms with E-state index in [0.717, 1.165) is 16.5 Å². The van der Waals surface area contributed by atoms with Gasteiger partial charge in [-0.1, -0.05) is 30.3 Å². The highest BCUT2D eigenvalue weighted by molar-refractivity contribution is 5.93. The van der Waals surface area contributed by atoms with Gasteiger partial charge in [0.25, 0.3) is 5.91 Å². The van der Waals surface area contributed by atoms with Crippen LogP contribution in [0.3, 0.4) is 0 Å². The number of ether oxygens (including phenoxy) is 3. The number of imidazole rings is 1. The van der Waals surface area contributed by atoms with Crippen LogP contribution < -0.4 is 11.5 Å². The molecule has 13 heteroatoms. The van der Waals surface area contributed by atoms with E-state index in [1.807, 2.05) is 6.07 Å². The SMILES string of the molecule is NC(=O)c1ncn(C2OC(COC(=O)C[C@H](N)C(=O)OCc3ccccc3)C(O)C2O)c1O. The fraction of sp³-hybridized carbons (Fsp3) is 0.400. The van der Waals surface area contributed by atoms with E-state index in [1.165, 1.54) is 0 Å². The molecular formula is C20H24N4O9. The van der Waals surface area contributed by atoms with Crippen molar-refractivity contribution < 1.29 is 43.9 Å². The number of hydrogen-bond donors (Lipinski definition) is 5. The van der Waals surface area contributed by atoms with Crippen LogP contribution >= 0.6 is 0 Å². The van der Waals surface area contributed by atoms with E-state index in [-0.39, 0.29) is 6.61 Å². The normalized spacial score (nSPS) is 23.1. The standard InChI is InChI=1S/C20H24N4O9/c21-11(20(30)32-7-10-4-2-1-3-5-10)6-13(25)31-8-12-15(26)16(27)19(33-12)24-9-23-14(17(22)28)18(24)29/h1-5,9,11-12,15-16,19,26-27,29H,6-8,21H2,(H2,22,28)/t11-,12?,15?,16?,19?/m0/s1. The zero-order valence-corrected chi connectivity index (χ0v) is 17.3. The molecule has 2 aromatic rings. The van der Waals surface area contributed by atoms with Gasteiger partial charge in [-0.05, 0) is 5.56 Å². The van der Waals surface area contributed by atoms with Gasteiger partial charge in [-0.2, -0.15) is 0 Å². The maximum absolute atomic E-state index is 12.0. The third kappa shape index (κ3) is 5.64. The van der Waals surface area contributed by atoms with Crippen LogP contribution in [0.1, 0.15) is 28.7 Å². The highest BCUT2D eigenvalue weighted by Gasteiger charge is 2.45. The summed E-state index contributed by atoms with van der Waals surface area (Å²) in [6, 6.07) is 7.65. The number of carbonyl (C=O) groups excluding carboxylic acids is 3. The molecule has 1 aromatic carbocycles. The quantitative estimate of drug-likeness (QED) is 0.264. The highest BCUT2D eigenvalue weighted by Crippen LogP contribution is 2.33. The number of aromatic nitrogens is 2. The summed E-state index contributed by atoms with van der Waals surface area (Å²) >= 11 is 0. The first-order chi connectivity index (χ1) is 15.7. The van der Waals surface area contributed by atoms with Crippen molar-refractivity contribution in [2.75, 3.05) is 6.61 Å². The van der Waals surface area contributed by atoms with E-state index in [2.05, 4.69) is 4.98 Å². The largest absolute Gasteiger partial charge is 0.493 e. The molecule has 1 aromatic heterocycles. The van der Waals surface area contributed by atoms with Crippen molar-refractivity contribution in [1.82, 2.24) is 9.55 Å². The lowest BCUT2D eigenvalue weighted by atomic mass is 10.1. The molecule has 0 aliphatic carbocycles. The number of amides is 1. The van der Waals surface area contributed by atoms with Gasteiger partial charge in [0.1, 0.15) is 43.9 Å². The number of aliphatic hydroxyl groups excluding tert-OH is 2. The molecule has 5 atom stereocenters. The van der Waals surface area contributed by atoms with Crippen molar-refractivity contribution >= 4 is 17.8 Å². The number of primary amides is 1. The fourth-order valence-electron chi connectivity index (χ4n) is 3.14. The second kappa shape index (κ2) is 10.4. The number of aromatic hydroxyl groups is 1. The van der Waals surface area contributed by atoms with Crippen molar-refractivity contribution in [3.63, 3.8) is 0 Å². The third-order valence-corrected chi connectivity index (χ3v) is 4.93. The summed E-state index contributed by atoms with van der Waals surface area (Å²) in [7, 11) is 0. The molecule has 4 unspecified atom stereocenters. The highest BCUT2D eigenvalue weighted by atomic mass is 16.6. The number of nitrogens with zero attached hydrogens (tertiary/aromatic N) is 2. The molecule has 1 fully saturated rings. The van der Waals surface area contributed by atoms with Gasteiger partial charge in [0.15, 0.2) is 11.9 Å². The molecule has 1 amide bonds. The molecule has 1 aliphatic heterocycles. The Morgan fingerprint density at radius 2 is 1.85 bits per heavy atom. The van der Waals surface area contributed by atoms with Crippen molar-refractivity contribution in [2.24, 2.45) is 11.5 Å². The number of carbonyl (C=O) groups is 3. The average Bonchev–Trinajstić information content (AvgIpc) is 3.30. The minimum atomic E-state index is -1.54. The topological polar surface area (TPSA) is 209 Å². The van der Waals surface area contributed by atoms with Crippen LogP contribution in [-0.2, 0) is 30.4 Å². The fourth-order valence-corrected chi connectivity index (χ4v) is 3.14. The Kier molecular flexibility index (Phi) is 7.60. The Balaban J connectivity index is 1.48. The minimum absolute atomic E-state index is 0.00235. The lowest BCUT2D eigenvalue weighted by Crippen LogP contribution is -2.37. The first-order valence-electron chi connectivity index (χ1n) is 9.88. The predicted molar refractivity (Wildman–Crippen MR) is 108 cm³/mol. The van der Waals surface area contributed by atoms with Gasteiger partial charge in [0, 0.05) is 0 Å². The van der Waals surface area contributed by atoms with Gasteiger partial charge in [0.05, 0.1) is 6.42 Å². The second-order valence-electron chi connectivity index (χ2n) is 7.32. The molecule has 0 bridgehead atoms. The van der Waals surface area contributed by atoms with E-state index in [9.17, 15) is 29.7 Å². The third-order valence-electron chi connectivity index (χ3n) is 4.93. The zero-order valence-electron chi connectivity index (χ0n) is 17.3. The average molecular weight is 464 g/mol. The maximum Gasteiger partial charge on any atom is 0.323 e. The van der Waals surface area contributed by atoms with Gasteiger partial charge in [-0.3, -0.25) is 19.0 Å². The Bertz CT molecular complexity index is 997. The van der Waals surface area contributed by atoms with E-state index in [0.29, 0.717) is 0 Å². The van der Waals surface area contributed by atoms with Crippen molar-refractivity contribution in [3.05, 3.63) is 47.9 Å². The molecule has 1 aliphatic rings. The minimum Gasteiger partial charge on any atom is -0.493 e. The molecule has 7 N–H and O–H groups in total. The molecule has 1 saturated heterocycles. The monoisotopic (exact) mass is 464 g/mol. The summed E-state index contributed by atoms with van der Waals surface area (Å²) in [5, 5.41) is 30.4. The zero-order chi connectivity index (χ0) is 24.1. The van der Waals surface area contributed by atoms with E-state index in [1.54, 1.807) is 24.3 Å². The molecule has 178 valence electrons. The van der Waals surface area contributed by atoms with Crippen LogP contribution in [0.4, 0.5) is 0 Å². The van der Waals surface area contributed by atoms with Gasteiger partial charge in [-0.15, -0.1) is 0 Å². The number of esters is 2. The van der Waals surface area contributed by atoms with Crippen LogP contribution in [0.15, 0.2) is 36.7 Å². The summed E-state index contributed by atoms with van der Waals surface area (Å²) in [6.07, 6.45) is -5.00. The molecule has 2 heterocycles. The van der Waals surface area contributed by atoms with Crippen molar-refractivity contribution in [1.29, 1.82) is 0 Å². The van der Waals surface area contributed by atoms with Crippen molar-refractivity contribution in [3.8, 4) is 5.88 Å². The lowest BCUT2D eigenvalue weighted by Gasteiger charge is -2.17. The predicted octanol–water partition coefficient (Wildman–Crippen LogP) is -1.69. The lowest BCUT2D eigenvalue weighted by molar-refractivity contribution is -0.156. The summed E-state index contributed by atoms with van der Waals surface area (Å²) in [5.41, 5.74) is 11.1. The number of hydrogen-bond acceptors (Lipinski definition) is 11. The number of rotatable bonds is 9. The molecule has 0 radical (unpaired) electrons. The van der Waals surface area contributed by atoms with Crippen molar-refractivity contribution in [2.45, 2.75) is 43.6 Å². The summed E-state index contributed by atoms with van der Waals surface area (Å²) in [5.74, 6) is -3.29. The molecule has 0 spiro atoms. The smallest absolute Gasteiger partial charge is 0.323 e. The number of benzene rings is 1. The molecule has 13 nitrogen and oxygen atoms in total. The molecular weight excluding hydrogens is 440 g/mol. The summed E-state index contributed by atoms with van der Waals surface area (Å²) in [4.78, 5) is 38.9. The van der Waals surface area contributed by atoms with E-state index >= 15 is 0 Å². The number of aliphatic hydroxyl groups is 2. The first-order valence-corrected chi connectivity index (χ1v) is 9.88. The Morgan fingerprint density at radius 3 is 2.48 bits per heavy atom. The van der Waals surface area contributed by atoms with Gasteiger partial charge < -0.3 is 41.0 Å². The Labute approximate surface area is 187 Å². The van der Waals surface area contributed by atoms with E-state index < -0.39 is 73.0 Å². The van der Waals surface area contributed by atoms with Crippen LogP contribution in [-0.4, -0.2) is 73.7 Å². The Hall–Kier alpha value is -3.52. The van der Waals surface area contributed by atoms with Crippen LogP contribution in [0.25, 0.3) is 0 Å². The summed E-state index contributed by atoms with van der Waals surface area (Å²) < 4.78 is 16.4. The summed E-state index contributed by atoms with van der Waals surface area (Å²) in [6.45, 7) is -0.472. The number of nitrogens with two attached hydrogens (primary N) is 2. The van der Waals surface area contributed by atoms with Crippen LogP contribution in [0, 0.1) is 0 Å². The van der Waals surface area contributed by atoms with Crippen LogP contribution in [0.2, 0.25) is 0 Å². The maximum atomic E-state index is 12.0. The first kappa shape index (κ1) is 24.1. The second-order valence-corrected chi connectivity index (χ2v) is 7.32. The van der Waals surface area contributed by atoms with Gasteiger partial charge >= 0.3 is 11.9 Å². The molecule has 3 rings (SSSR count). The molecule has 0 saturated carbocycles. The van der Waals surface area contributed by atoms with Crippen LogP contribution in [0.5, 0.6) is 5.88 Å². The molecule has 33 heavy (non-hydrogen) atoms. The van der Waals surface area contributed by atoms with Gasteiger partial charge in [0.2, 0.25) is 5.88 Å².